The second kappa shape index (κ2) is 71.8. The molecule has 0 aliphatic rings. The number of carbonyl (C=O) groups is 3. The number of hydrogen-bond acceptors (Lipinski definition) is 8. The Balaban J connectivity index is 4.03. The van der Waals surface area contributed by atoms with Gasteiger partial charge < -0.3 is 33.3 Å². The van der Waals surface area contributed by atoms with E-state index in [1.165, 1.54) is 205 Å². The molecule has 9 nitrogen and oxygen atoms in total. The maximum atomic E-state index is 13.0. The van der Waals surface area contributed by atoms with Crippen LogP contribution in [-0.2, 0) is 33.3 Å². The van der Waals surface area contributed by atoms with Crippen LogP contribution in [0.25, 0.3) is 0 Å². The van der Waals surface area contributed by atoms with Crippen LogP contribution in [0.4, 0.5) is 0 Å². The summed E-state index contributed by atoms with van der Waals surface area (Å²) in [5.74, 6) is -2.27. The van der Waals surface area contributed by atoms with E-state index in [-0.39, 0.29) is 32.2 Å². The number of nitrogens with zero attached hydrogens (tertiary/aromatic N) is 1. The molecule has 2 unspecified atom stereocenters. The van der Waals surface area contributed by atoms with E-state index in [0.717, 1.165) is 96.3 Å². The zero-order chi connectivity index (χ0) is 66.1. The fourth-order valence-electron chi connectivity index (χ4n) is 10.8. The Morgan fingerprint density at radius 3 is 0.879 bits per heavy atom. The first-order valence-corrected chi connectivity index (χ1v) is 38.0. The predicted octanol–water partition coefficient (Wildman–Crippen LogP) is 22.8. The lowest BCUT2D eigenvalue weighted by Crippen LogP contribution is -2.44. The molecular weight excluding hydrogens is 1130 g/mol. The first-order chi connectivity index (χ1) is 44.6. The third-order valence-corrected chi connectivity index (χ3v) is 16.5. The zero-order valence-corrected chi connectivity index (χ0v) is 59.9. The van der Waals surface area contributed by atoms with Gasteiger partial charge in [0, 0.05) is 12.8 Å². The van der Waals surface area contributed by atoms with Crippen molar-refractivity contribution in [3.8, 4) is 0 Å². The Labute approximate surface area is 562 Å². The molecular formula is C82H143NO8. The molecule has 91 heavy (non-hydrogen) atoms. The van der Waals surface area contributed by atoms with Gasteiger partial charge in [0.15, 0.2) is 12.4 Å². The molecule has 0 amide bonds. The van der Waals surface area contributed by atoms with Gasteiger partial charge in [-0.25, -0.2) is 0 Å². The number of hydrogen-bond donors (Lipinski definition) is 0. The number of ether oxygens (including phenoxy) is 4. The molecule has 0 heterocycles. The average molecular weight is 1270 g/mol. The monoisotopic (exact) mass is 1270 g/mol. The highest BCUT2D eigenvalue weighted by atomic mass is 16.7. The third kappa shape index (κ3) is 73.2. The molecule has 0 aliphatic heterocycles. The van der Waals surface area contributed by atoms with Gasteiger partial charge in [-0.2, -0.15) is 0 Å². The van der Waals surface area contributed by atoms with Gasteiger partial charge in [0.05, 0.1) is 40.3 Å². The summed E-state index contributed by atoms with van der Waals surface area (Å²) in [7, 11) is 5.94. The first kappa shape index (κ1) is 87.0. The van der Waals surface area contributed by atoms with Gasteiger partial charge in [-0.1, -0.05) is 335 Å². The van der Waals surface area contributed by atoms with Crippen LogP contribution in [0, 0.1) is 0 Å². The van der Waals surface area contributed by atoms with Gasteiger partial charge >= 0.3 is 11.9 Å². The van der Waals surface area contributed by atoms with Crippen LogP contribution in [0.5, 0.6) is 0 Å². The van der Waals surface area contributed by atoms with Gasteiger partial charge in [0.25, 0.3) is 0 Å². The van der Waals surface area contributed by atoms with Crippen LogP contribution in [0.1, 0.15) is 335 Å². The molecule has 0 rings (SSSR count). The fourth-order valence-corrected chi connectivity index (χ4v) is 10.8. The zero-order valence-electron chi connectivity index (χ0n) is 59.9. The minimum atomic E-state index is -1.63. The quantitative estimate of drug-likeness (QED) is 0.0195. The van der Waals surface area contributed by atoms with Crippen LogP contribution in [0.15, 0.2) is 109 Å². The van der Waals surface area contributed by atoms with E-state index in [9.17, 15) is 19.5 Å². The Morgan fingerprint density at radius 2 is 0.593 bits per heavy atom. The summed E-state index contributed by atoms with van der Waals surface area (Å²) in [5.41, 5.74) is 0. The maximum Gasteiger partial charge on any atom is 0.306 e. The first-order valence-electron chi connectivity index (χ1n) is 38.0. The van der Waals surface area contributed by atoms with Crippen molar-refractivity contribution in [2.45, 2.75) is 347 Å². The normalized spacial score (nSPS) is 13.3. The Bertz CT molecular complexity index is 1870. The van der Waals surface area contributed by atoms with Crippen molar-refractivity contribution in [1.29, 1.82) is 0 Å². The highest BCUT2D eigenvalue weighted by Gasteiger charge is 2.22. The van der Waals surface area contributed by atoms with E-state index in [0.29, 0.717) is 23.9 Å². The SMILES string of the molecule is CC/C=C\C/C=C\C/C=C\C/C=C\C/C=C\CCCCCCCCCCCCCCCCCC(=O)OC(COC(=O)CCCCCCCCCCCCCCCCCCCCCCCC/C=C\C/C=C\C/C=C\C/C=C\CC)COC(OCC[N+](C)(C)C)C(=O)[O-]. The van der Waals surface area contributed by atoms with Gasteiger partial charge in [0.2, 0.25) is 0 Å². The largest absolute Gasteiger partial charge is 0.545 e. The van der Waals surface area contributed by atoms with Crippen molar-refractivity contribution in [2.75, 3.05) is 47.5 Å². The fraction of sp³-hybridized carbons (Fsp3) is 0.744. The molecule has 9 heteroatoms. The van der Waals surface area contributed by atoms with Crippen LogP contribution in [0.3, 0.4) is 0 Å². The third-order valence-electron chi connectivity index (χ3n) is 16.5. The molecule has 0 saturated heterocycles. The highest BCUT2D eigenvalue weighted by Crippen LogP contribution is 2.18. The maximum absolute atomic E-state index is 13.0. The molecule has 0 bridgehead atoms. The van der Waals surface area contributed by atoms with Crippen LogP contribution in [-0.4, -0.2) is 82.3 Å². The van der Waals surface area contributed by atoms with E-state index < -0.39 is 24.3 Å². The average Bonchev–Trinajstić information content (AvgIpc) is 3.65. The van der Waals surface area contributed by atoms with Crippen molar-refractivity contribution >= 4 is 17.9 Å². The van der Waals surface area contributed by atoms with E-state index >= 15 is 0 Å². The topological polar surface area (TPSA) is 111 Å². The van der Waals surface area contributed by atoms with Crippen molar-refractivity contribution in [3.05, 3.63) is 109 Å². The summed E-state index contributed by atoms with van der Waals surface area (Å²) in [5, 5.41) is 11.9. The van der Waals surface area contributed by atoms with Crippen molar-refractivity contribution in [3.63, 3.8) is 0 Å². The Kier molecular flexibility index (Phi) is 68.6. The molecule has 0 aromatic heterocycles. The molecule has 0 N–H and O–H groups in total. The van der Waals surface area contributed by atoms with Gasteiger partial charge in [-0.3, -0.25) is 9.59 Å². The predicted molar refractivity (Wildman–Crippen MR) is 389 cm³/mol. The lowest BCUT2D eigenvalue weighted by atomic mass is 10.0. The molecule has 0 radical (unpaired) electrons. The number of quaternary nitrogens is 1. The number of likely N-dealkylation sites (N-methyl/N-ethyl adjacent to an activating group) is 1. The molecule has 0 aromatic rings. The molecule has 0 saturated carbocycles. The van der Waals surface area contributed by atoms with E-state index in [1.807, 2.05) is 21.1 Å². The van der Waals surface area contributed by atoms with Crippen molar-refractivity contribution < 1.29 is 42.9 Å². The summed E-state index contributed by atoms with van der Waals surface area (Å²) in [6.07, 6.45) is 97.6. The van der Waals surface area contributed by atoms with Gasteiger partial charge in [-0.15, -0.1) is 0 Å². The summed E-state index contributed by atoms with van der Waals surface area (Å²) in [4.78, 5) is 37.6. The smallest absolute Gasteiger partial charge is 0.306 e. The number of unbranched alkanes of at least 4 members (excludes halogenated alkanes) is 37. The summed E-state index contributed by atoms with van der Waals surface area (Å²) in [6, 6.07) is 0. The van der Waals surface area contributed by atoms with E-state index in [1.54, 1.807) is 0 Å². The lowest BCUT2D eigenvalue weighted by molar-refractivity contribution is -0.870. The van der Waals surface area contributed by atoms with Crippen LogP contribution < -0.4 is 5.11 Å². The molecule has 2 atom stereocenters. The molecule has 0 aromatic carbocycles. The molecule has 0 aliphatic carbocycles. The number of esters is 2. The van der Waals surface area contributed by atoms with Crippen LogP contribution >= 0.6 is 0 Å². The number of allylic oxidation sites excluding steroid dienone is 18. The molecule has 0 fully saturated rings. The summed E-state index contributed by atoms with van der Waals surface area (Å²) < 4.78 is 22.9. The molecule has 0 spiro atoms. The summed E-state index contributed by atoms with van der Waals surface area (Å²) >= 11 is 0. The Hall–Kier alpha value is -4.05. The second-order valence-corrected chi connectivity index (χ2v) is 26.5. The van der Waals surface area contributed by atoms with Gasteiger partial charge in [0.1, 0.15) is 13.2 Å². The van der Waals surface area contributed by atoms with E-state index in [4.69, 9.17) is 18.9 Å². The lowest BCUT2D eigenvalue weighted by Gasteiger charge is -2.26. The number of carbonyl (C=O) groups excluding carboxylic acids is 3. The van der Waals surface area contributed by atoms with Crippen LogP contribution in [0.2, 0.25) is 0 Å². The summed E-state index contributed by atoms with van der Waals surface area (Å²) in [6.45, 7) is 4.56. The number of rotatable bonds is 70. The second-order valence-electron chi connectivity index (χ2n) is 26.5. The highest BCUT2D eigenvalue weighted by molar-refractivity contribution is 5.70. The van der Waals surface area contributed by atoms with Crippen molar-refractivity contribution in [2.24, 2.45) is 0 Å². The number of carboxylic acid groups (broad SMARTS) is 1. The number of aliphatic carboxylic acids is 1. The minimum absolute atomic E-state index is 0.146. The van der Waals surface area contributed by atoms with E-state index in [2.05, 4.69) is 123 Å². The van der Waals surface area contributed by atoms with Crippen molar-refractivity contribution in [1.82, 2.24) is 0 Å². The Morgan fingerprint density at radius 1 is 0.330 bits per heavy atom. The standard InChI is InChI=1S/C82H143NO8/c1-6-8-10-12-14-16-18-20-22-24-26-28-30-32-34-36-38-39-40-41-43-44-46-48-50-52-54-56-58-60-62-64-66-68-70-72-79(84)89-76-78(77-90-82(81(86)87)88-75-74-83(3,4)5)91-80(85)73-71-69-67-65-63-61-59-57-55-53-51-49-47-45-42-37-35-33-31-29-27-25-23-21-19-17-15-13-11-9-7-2/h8-11,14-17,20-23,26-29,33,35,78,82H,6-7,12-13,18-19,24-25,30-32,34,36-77H2,1-5H3/b10-8-,11-9-,16-14-,17-15-,22-20-,23-21-,28-26-,29-27-,35-33-. The minimum Gasteiger partial charge on any atom is -0.545 e. The van der Waals surface area contributed by atoms with Gasteiger partial charge in [-0.05, 0) is 96.3 Å². The number of carboxylic acids is 1. The molecule has 524 valence electrons.